The van der Waals surface area contributed by atoms with E-state index in [0.29, 0.717) is 12.4 Å². The van der Waals surface area contributed by atoms with Crippen LogP contribution in [-0.2, 0) is 12.8 Å². The fourth-order valence-electron chi connectivity index (χ4n) is 3.39. The topological polar surface area (TPSA) is 89.6 Å². The maximum absolute atomic E-state index is 6.39. The van der Waals surface area contributed by atoms with E-state index in [-0.39, 0.29) is 6.04 Å². The van der Waals surface area contributed by atoms with E-state index in [1.807, 2.05) is 36.5 Å². The first-order chi connectivity index (χ1) is 14.2. The van der Waals surface area contributed by atoms with Crippen LogP contribution in [0.3, 0.4) is 0 Å². The number of pyridine rings is 2. The first-order valence-electron chi connectivity index (χ1n) is 9.83. The lowest BCUT2D eigenvalue weighted by Gasteiger charge is -2.16. The Morgan fingerprint density at radius 2 is 1.76 bits per heavy atom. The number of nitrogens with zero attached hydrogens (tertiary/aromatic N) is 4. The van der Waals surface area contributed by atoms with Gasteiger partial charge in [-0.15, -0.1) is 0 Å². The molecule has 0 aliphatic heterocycles. The van der Waals surface area contributed by atoms with Crippen molar-refractivity contribution >= 4 is 16.7 Å². The summed E-state index contributed by atoms with van der Waals surface area (Å²) >= 11 is 0. The number of nitrogens with one attached hydrogen (secondary N) is 1. The van der Waals surface area contributed by atoms with E-state index < -0.39 is 0 Å². The number of nitrogens with two attached hydrogens (primary N) is 1. The molecule has 0 saturated heterocycles. The van der Waals surface area contributed by atoms with Gasteiger partial charge in [-0.05, 0) is 36.1 Å². The molecule has 0 saturated carbocycles. The summed E-state index contributed by atoms with van der Waals surface area (Å²) in [5, 5.41) is 4.48. The van der Waals surface area contributed by atoms with E-state index in [0.717, 1.165) is 40.7 Å². The summed E-state index contributed by atoms with van der Waals surface area (Å²) in [4.78, 5) is 18.0. The second kappa shape index (κ2) is 8.75. The van der Waals surface area contributed by atoms with Gasteiger partial charge in [-0.2, -0.15) is 0 Å². The highest BCUT2D eigenvalue weighted by Gasteiger charge is 2.14. The second-order valence-electron chi connectivity index (χ2n) is 7.01. The lowest BCUT2D eigenvalue weighted by molar-refractivity contribution is 0.698. The van der Waals surface area contributed by atoms with Crippen LogP contribution in [0.25, 0.3) is 22.3 Å². The summed E-state index contributed by atoms with van der Waals surface area (Å²) in [6.45, 7) is 2.72. The van der Waals surface area contributed by atoms with Crippen LogP contribution in [0.5, 0.6) is 0 Å². The number of anilines is 1. The molecule has 0 amide bonds. The van der Waals surface area contributed by atoms with Crippen molar-refractivity contribution in [3.05, 3.63) is 78.4 Å². The Balaban J connectivity index is 1.65. The molecule has 0 unspecified atom stereocenters. The average Bonchev–Trinajstić information content (AvgIpc) is 2.78. The third-order valence-electron chi connectivity index (χ3n) is 4.88. The van der Waals surface area contributed by atoms with Gasteiger partial charge in [0.15, 0.2) is 5.82 Å². The summed E-state index contributed by atoms with van der Waals surface area (Å²) < 4.78 is 0. The van der Waals surface area contributed by atoms with Gasteiger partial charge in [0, 0.05) is 42.1 Å². The second-order valence-corrected chi connectivity index (χ2v) is 7.01. The Morgan fingerprint density at radius 3 is 2.52 bits per heavy atom. The predicted molar refractivity (Wildman–Crippen MR) is 117 cm³/mol. The molecular weight excluding hydrogens is 360 g/mol. The number of hydrogen-bond acceptors (Lipinski definition) is 6. The van der Waals surface area contributed by atoms with Crippen molar-refractivity contribution in [3.63, 3.8) is 0 Å². The molecule has 0 aliphatic rings. The summed E-state index contributed by atoms with van der Waals surface area (Å²) in [7, 11) is 0. The minimum atomic E-state index is -0.0290. The zero-order chi connectivity index (χ0) is 20.1. The Bertz CT molecular complexity index is 1080. The number of benzene rings is 1. The van der Waals surface area contributed by atoms with Crippen molar-refractivity contribution in [1.29, 1.82) is 0 Å². The van der Waals surface area contributed by atoms with Crippen LogP contribution in [0, 0.1) is 0 Å². The van der Waals surface area contributed by atoms with Crippen molar-refractivity contribution in [2.24, 2.45) is 5.73 Å². The molecule has 3 heterocycles. The molecule has 6 nitrogen and oxygen atoms in total. The van der Waals surface area contributed by atoms with Crippen molar-refractivity contribution < 1.29 is 0 Å². The van der Waals surface area contributed by atoms with Crippen LogP contribution in [0.2, 0.25) is 0 Å². The molecule has 6 heteroatoms. The van der Waals surface area contributed by atoms with Gasteiger partial charge in [-0.25, -0.2) is 9.97 Å². The van der Waals surface area contributed by atoms with Gasteiger partial charge < -0.3 is 11.1 Å². The molecule has 0 spiro atoms. The molecule has 0 bridgehead atoms. The first kappa shape index (κ1) is 19.0. The maximum atomic E-state index is 6.39. The zero-order valence-corrected chi connectivity index (χ0v) is 16.4. The van der Waals surface area contributed by atoms with Gasteiger partial charge in [0.1, 0.15) is 5.82 Å². The monoisotopic (exact) mass is 384 g/mol. The third-order valence-corrected chi connectivity index (χ3v) is 4.88. The molecule has 1 aromatic carbocycles. The van der Waals surface area contributed by atoms with Crippen molar-refractivity contribution in [3.8, 4) is 11.4 Å². The molecule has 3 N–H and O–H groups in total. The van der Waals surface area contributed by atoms with E-state index in [1.54, 1.807) is 18.6 Å². The summed E-state index contributed by atoms with van der Waals surface area (Å²) in [5.74, 6) is 1.44. The van der Waals surface area contributed by atoms with E-state index in [2.05, 4.69) is 34.3 Å². The molecule has 3 aromatic heterocycles. The lowest BCUT2D eigenvalue weighted by Crippen LogP contribution is -2.31. The van der Waals surface area contributed by atoms with Crippen LogP contribution in [0.1, 0.15) is 18.1 Å². The molecule has 4 aromatic rings. The first-order valence-corrected chi connectivity index (χ1v) is 9.83. The molecular formula is C23H24N6. The van der Waals surface area contributed by atoms with Crippen molar-refractivity contribution in [2.45, 2.75) is 25.8 Å². The van der Waals surface area contributed by atoms with Crippen LogP contribution in [0.4, 0.5) is 5.82 Å². The van der Waals surface area contributed by atoms with E-state index in [9.17, 15) is 0 Å². The molecule has 1 atom stereocenters. The fourth-order valence-corrected chi connectivity index (χ4v) is 3.39. The van der Waals surface area contributed by atoms with Crippen molar-refractivity contribution in [2.75, 3.05) is 11.9 Å². The van der Waals surface area contributed by atoms with Crippen LogP contribution in [-0.4, -0.2) is 32.5 Å². The zero-order valence-electron chi connectivity index (χ0n) is 16.4. The highest BCUT2D eigenvalue weighted by atomic mass is 15.0. The summed E-state index contributed by atoms with van der Waals surface area (Å²) in [6, 6.07) is 14.1. The fraction of sp³-hybridized carbons (Fsp3) is 0.217. The number of aryl methyl sites for hydroxylation is 1. The van der Waals surface area contributed by atoms with Crippen molar-refractivity contribution in [1.82, 2.24) is 19.9 Å². The maximum Gasteiger partial charge on any atom is 0.162 e. The lowest BCUT2D eigenvalue weighted by atomic mass is 10.1. The van der Waals surface area contributed by atoms with E-state index in [1.165, 1.54) is 5.56 Å². The van der Waals surface area contributed by atoms with Gasteiger partial charge in [-0.3, -0.25) is 9.97 Å². The van der Waals surface area contributed by atoms with Gasteiger partial charge >= 0.3 is 0 Å². The number of fused-ring (bicyclic) bond motifs is 1. The molecule has 0 fully saturated rings. The minimum Gasteiger partial charge on any atom is -0.368 e. The highest BCUT2D eigenvalue weighted by Crippen LogP contribution is 2.27. The van der Waals surface area contributed by atoms with Gasteiger partial charge in [0.2, 0.25) is 0 Å². The van der Waals surface area contributed by atoms with Gasteiger partial charge in [-0.1, -0.05) is 37.3 Å². The highest BCUT2D eigenvalue weighted by molar-refractivity contribution is 5.92. The Morgan fingerprint density at radius 1 is 0.966 bits per heavy atom. The minimum absolute atomic E-state index is 0.0290. The van der Waals surface area contributed by atoms with E-state index in [4.69, 9.17) is 15.7 Å². The predicted octanol–water partition coefficient (Wildman–Crippen LogP) is 3.63. The number of rotatable bonds is 7. The number of hydrogen-bond donors (Lipinski definition) is 2. The summed E-state index contributed by atoms with van der Waals surface area (Å²) in [5.41, 5.74) is 10.5. The number of aromatic nitrogens is 4. The molecule has 0 aliphatic carbocycles. The summed E-state index contributed by atoms with van der Waals surface area (Å²) in [6.07, 6.45) is 8.81. The normalized spacial score (nSPS) is 12.1. The molecule has 146 valence electrons. The molecule has 0 radical (unpaired) electrons. The Hall–Kier alpha value is -3.38. The molecule has 29 heavy (non-hydrogen) atoms. The Labute approximate surface area is 170 Å². The smallest absolute Gasteiger partial charge is 0.162 e. The quantitative estimate of drug-likeness (QED) is 0.506. The standard InChI is InChI=1S/C23H24N6/c1-2-17-13-26-15-20-21(17)23(29-22(28-20)18-8-10-25-11-9-18)27-14-19(24)12-16-6-4-3-5-7-16/h3-11,13,15,19H,2,12,14,24H2,1H3,(H,27,28,29)/t19-/m0/s1. The largest absolute Gasteiger partial charge is 0.368 e. The van der Waals surface area contributed by atoms with E-state index >= 15 is 0 Å². The van der Waals surface area contributed by atoms with Gasteiger partial charge in [0.25, 0.3) is 0 Å². The SMILES string of the molecule is CCc1cncc2nc(-c3ccncc3)nc(NC[C@@H](N)Cc3ccccc3)c12. The van der Waals surface area contributed by atoms with Crippen LogP contribution in [0.15, 0.2) is 67.3 Å². The molecule has 4 rings (SSSR count). The van der Waals surface area contributed by atoms with Crippen LogP contribution >= 0.6 is 0 Å². The Kier molecular flexibility index (Phi) is 5.72. The third kappa shape index (κ3) is 4.38. The average molecular weight is 384 g/mol. The van der Waals surface area contributed by atoms with Crippen LogP contribution < -0.4 is 11.1 Å². The van der Waals surface area contributed by atoms with Gasteiger partial charge in [0.05, 0.1) is 11.7 Å².